The molecule has 0 bridgehead atoms. The van der Waals surface area contributed by atoms with Crippen molar-refractivity contribution in [1.29, 1.82) is 0 Å². The average molecular weight is 466 g/mol. The van der Waals surface area contributed by atoms with Crippen LogP contribution in [0, 0.1) is 0 Å². The Kier molecular flexibility index (Phi) is 5.56. The molecule has 2 atom stereocenters. The van der Waals surface area contributed by atoms with Gasteiger partial charge < -0.3 is 14.8 Å². The summed E-state index contributed by atoms with van der Waals surface area (Å²) in [6, 6.07) is 22.1. The Hall–Kier alpha value is -3.60. The number of carbonyl (C=O) groups is 2. The van der Waals surface area contributed by atoms with E-state index in [9.17, 15) is 9.59 Å². The van der Waals surface area contributed by atoms with Gasteiger partial charge >= 0.3 is 0 Å². The highest BCUT2D eigenvalue weighted by atomic mass is 16.2. The highest BCUT2D eigenvalue weighted by Crippen LogP contribution is 2.44. The molecule has 0 aliphatic carbocycles. The first-order chi connectivity index (χ1) is 17.2. The summed E-state index contributed by atoms with van der Waals surface area (Å²) in [4.78, 5) is 34.9. The quantitative estimate of drug-likeness (QED) is 0.378. The van der Waals surface area contributed by atoms with Gasteiger partial charge in [0.05, 0.1) is 12.6 Å². The summed E-state index contributed by atoms with van der Waals surface area (Å²) in [6.45, 7) is 3.01. The maximum atomic E-state index is 13.8. The number of aromatic amines is 1. The molecule has 1 saturated heterocycles. The molecule has 2 aliphatic heterocycles. The van der Waals surface area contributed by atoms with Crippen LogP contribution in [0.15, 0.2) is 66.7 Å². The Balaban J connectivity index is 1.48. The van der Waals surface area contributed by atoms with Crippen LogP contribution in [-0.2, 0) is 16.0 Å². The Morgan fingerprint density at radius 1 is 0.886 bits per heavy atom. The molecule has 3 aromatic carbocycles. The van der Waals surface area contributed by atoms with Crippen LogP contribution in [-0.4, -0.2) is 45.7 Å². The molecule has 3 heterocycles. The number of para-hydroxylation sites is 1. The van der Waals surface area contributed by atoms with Crippen molar-refractivity contribution in [2.45, 2.75) is 51.1 Å². The smallest absolute Gasteiger partial charge is 0.246 e. The monoisotopic (exact) mass is 465 g/mol. The van der Waals surface area contributed by atoms with Crippen LogP contribution in [0.2, 0.25) is 0 Å². The predicted molar refractivity (Wildman–Crippen MR) is 139 cm³/mol. The second-order valence-electron chi connectivity index (χ2n) is 9.88. The Labute approximate surface area is 205 Å². The standard InChI is InChI=1S/C30H31N3O2/c1-2-3-4-9-17-32-19-27(34)33-26(30(32)35)18-24-22-14-7-8-16-25(22)31-28(24)29(33)23-15-10-12-20-11-5-6-13-21(20)23/h5-8,10-16,26,29,31H,2-4,9,17-19H2,1H3. The number of amides is 2. The highest BCUT2D eigenvalue weighted by molar-refractivity contribution is 5.98. The zero-order valence-electron chi connectivity index (χ0n) is 20.2. The third kappa shape index (κ3) is 3.61. The minimum Gasteiger partial charge on any atom is -0.356 e. The Bertz CT molecular complexity index is 1420. The van der Waals surface area contributed by atoms with Gasteiger partial charge in [-0.25, -0.2) is 0 Å². The summed E-state index contributed by atoms with van der Waals surface area (Å²) in [5.41, 5.74) is 4.32. The number of nitrogens with one attached hydrogen (secondary N) is 1. The lowest BCUT2D eigenvalue weighted by Gasteiger charge is -2.47. The molecule has 0 saturated carbocycles. The van der Waals surface area contributed by atoms with Gasteiger partial charge in [0.25, 0.3) is 0 Å². The van der Waals surface area contributed by atoms with Crippen molar-refractivity contribution in [3.8, 4) is 0 Å². The fourth-order valence-corrected chi connectivity index (χ4v) is 6.06. The van der Waals surface area contributed by atoms with Crippen LogP contribution in [0.4, 0.5) is 0 Å². The fraction of sp³-hybridized carbons (Fsp3) is 0.333. The van der Waals surface area contributed by atoms with Crippen LogP contribution in [0.5, 0.6) is 0 Å². The molecule has 1 aromatic heterocycles. The summed E-state index contributed by atoms with van der Waals surface area (Å²) in [5, 5.41) is 3.40. The van der Waals surface area contributed by atoms with E-state index >= 15 is 0 Å². The molecule has 6 rings (SSSR count). The summed E-state index contributed by atoms with van der Waals surface area (Å²) < 4.78 is 0. The highest BCUT2D eigenvalue weighted by Gasteiger charge is 2.48. The normalized spacial score (nSPS) is 19.9. The number of fused-ring (bicyclic) bond motifs is 5. The zero-order valence-corrected chi connectivity index (χ0v) is 20.2. The minimum atomic E-state index is -0.474. The van der Waals surface area contributed by atoms with E-state index in [4.69, 9.17) is 0 Å². The predicted octanol–water partition coefficient (Wildman–Crippen LogP) is 5.59. The van der Waals surface area contributed by atoms with Crippen LogP contribution in [0.25, 0.3) is 21.7 Å². The van der Waals surface area contributed by atoms with Crippen LogP contribution in [0.3, 0.4) is 0 Å². The third-order valence-electron chi connectivity index (χ3n) is 7.74. The number of carbonyl (C=O) groups excluding carboxylic acids is 2. The van der Waals surface area contributed by atoms with Gasteiger partial charge in [-0.05, 0) is 34.4 Å². The van der Waals surface area contributed by atoms with E-state index in [1.807, 2.05) is 29.2 Å². The fourth-order valence-electron chi connectivity index (χ4n) is 6.06. The molecular formula is C30H31N3O2. The molecule has 1 fully saturated rings. The molecule has 2 unspecified atom stereocenters. The van der Waals surface area contributed by atoms with Crippen molar-refractivity contribution in [3.05, 3.63) is 83.6 Å². The van der Waals surface area contributed by atoms with Crippen molar-refractivity contribution in [2.24, 2.45) is 0 Å². The molecule has 178 valence electrons. The molecule has 5 nitrogen and oxygen atoms in total. The maximum Gasteiger partial charge on any atom is 0.246 e. The van der Waals surface area contributed by atoms with E-state index < -0.39 is 6.04 Å². The maximum absolute atomic E-state index is 13.8. The number of benzene rings is 3. The van der Waals surface area contributed by atoms with Gasteiger partial charge in [0.15, 0.2) is 0 Å². The van der Waals surface area contributed by atoms with E-state index in [2.05, 4.69) is 54.4 Å². The van der Waals surface area contributed by atoms with Crippen molar-refractivity contribution in [1.82, 2.24) is 14.8 Å². The van der Waals surface area contributed by atoms with Crippen LogP contribution >= 0.6 is 0 Å². The molecule has 2 amide bonds. The Morgan fingerprint density at radius 3 is 2.51 bits per heavy atom. The number of aromatic nitrogens is 1. The van der Waals surface area contributed by atoms with Gasteiger partial charge in [0.1, 0.15) is 6.04 Å². The second kappa shape index (κ2) is 8.88. The summed E-state index contributed by atoms with van der Waals surface area (Å²) >= 11 is 0. The van der Waals surface area contributed by atoms with Crippen molar-refractivity contribution >= 4 is 33.5 Å². The molecule has 1 N–H and O–H groups in total. The number of rotatable bonds is 6. The van der Waals surface area contributed by atoms with E-state index in [-0.39, 0.29) is 24.4 Å². The first kappa shape index (κ1) is 21.9. The Morgan fingerprint density at radius 2 is 1.66 bits per heavy atom. The first-order valence-electron chi connectivity index (χ1n) is 12.8. The topological polar surface area (TPSA) is 56.4 Å². The van der Waals surface area contributed by atoms with Crippen molar-refractivity contribution in [2.75, 3.05) is 13.1 Å². The molecule has 2 aliphatic rings. The molecule has 4 aromatic rings. The van der Waals surface area contributed by atoms with Crippen LogP contribution in [0.1, 0.15) is 55.5 Å². The number of unbranched alkanes of at least 4 members (excludes halogenated alkanes) is 3. The summed E-state index contributed by atoms with van der Waals surface area (Å²) in [5.74, 6) is 0.120. The summed E-state index contributed by atoms with van der Waals surface area (Å²) in [6.07, 6.45) is 4.90. The number of hydrogen-bond donors (Lipinski definition) is 1. The molecule has 0 spiro atoms. The average Bonchev–Trinajstić information content (AvgIpc) is 3.26. The molecule has 35 heavy (non-hydrogen) atoms. The lowest BCUT2D eigenvalue weighted by molar-refractivity contribution is -0.158. The van der Waals surface area contributed by atoms with Crippen molar-refractivity contribution in [3.63, 3.8) is 0 Å². The lowest BCUT2D eigenvalue weighted by Crippen LogP contribution is -2.63. The van der Waals surface area contributed by atoms with Gasteiger partial charge in [0, 0.05) is 29.6 Å². The number of H-pyrrole nitrogens is 1. The molecule has 0 radical (unpaired) electrons. The van der Waals surface area contributed by atoms with E-state index in [1.54, 1.807) is 4.90 Å². The number of piperazine rings is 1. The summed E-state index contributed by atoms with van der Waals surface area (Å²) in [7, 11) is 0. The lowest BCUT2D eigenvalue weighted by atomic mass is 9.84. The van der Waals surface area contributed by atoms with Gasteiger partial charge in [-0.2, -0.15) is 0 Å². The van der Waals surface area contributed by atoms with Gasteiger partial charge in [-0.3, -0.25) is 9.59 Å². The van der Waals surface area contributed by atoms with E-state index in [0.717, 1.165) is 64.2 Å². The SMILES string of the molecule is CCCCCCN1CC(=O)N2C(Cc3c([nH]c4ccccc34)C2c2cccc3ccccc23)C1=O. The van der Waals surface area contributed by atoms with E-state index in [0.29, 0.717) is 13.0 Å². The largest absolute Gasteiger partial charge is 0.356 e. The zero-order chi connectivity index (χ0) is 23.9. The molecule has 5 heteroatoms. The number of nitrogens with zero attached hydrogens (tertiary/aromatic N) is 2. The third-order valence-corrected chi connectivity index (χ3v) is 7.74. The minimum absolute atomic E-state index is 0.0346. The van der Waals surface area contributed by atoms with Gasteiger partial charge in [-0.15, -0.1) is 0 Å². The van der Waals surface area contributed by atoms with Crippen LogP contribution < -0.4 is 0 Å². The first-order valence-corrected chi connectivity index (χ1v) is 12.8. The van der Waals surface area contributed by atoms with Gasteiger partial charge in [-0.1, -0.05) is 86.8 Å². The van der Waals surface area contributed by atoms with Gasteiger partial charge in [0.2, 0.25) is 11.8 Å². The number of hydrogen-bond acceptors (Lipinski definition) is 2. The second-order valence-corrected chi connectivity index (χ2v) is 9.88. The van der Waals surface area contributed by atoms with Crippen molar-refractivity contribution < 1.29 is 9.59 Å². The van der Waals surface area contributed by atoms with E-state index in [1.165, 1.54) is 0 Å². The molecular weight excluding hydrogens is 434 g/mol.